The minimum Gasteiger partial charge on any atom is -0.411 e. The molecule has 0 spiro atoms. The molecule has 2 aromatic rings. The van der Waals surface area contributed by atoms with E-state index in [1.807, 2.05) is 0 Å². The third-order valence-corrected chi connectivity index (χ3v) is 2.93. The highest BCUT2D eigenvalue weighted by molar-refractivity contribution is 6.38. The fourth-order valence-corrected chi connectivity index (χ4v) is 1.88. The lowest BCUT2D eigenvalue weighted by Gasteiger charge is -2.04. The lowest BCUT2D eigenvalue weighted by Crippen LogP contribution is -2.21. The second-order valence-electron chi connectivity index (χ2n) is 4.17. The number of carbonyl (C=O) groups is 1. The van der Waals surface area contributed by atoms with Crippen LogP contribution in [-0.2, 0) is 0 Å². The molecular weight excluding hydrogens is 309 g/mol. The quantitative estimate of drug-likeness (QED) is 0.516. The van der Waals surface area contributed by atoms with E-state index >= 15 is 0 Å². The number of halogens is 2. The van der Waals surface area contributed by atoms with Crippen molar-refractivity contribution in [2.75, 3.05) is 0 Å². The minimum atomic E-state index is -0.557. The van der Waals surface area contributed by atoms with Gasteiger partial charge in [0.05, 0.1) is 6.21 Å². The molecule has 0 bridgehead atoms. The molecule has 5 nitrogen and oxygen atoms in total. The molecule has 1 amide bonds. The molecule has 0 saturated heterocycles. The number of nitrogens with zero attached hydrogens (tertiary/aromatic N) is 2. The first-order valence-electron chi connectivity index (χ1n) is 6.17. The second-order valence-corrected chi connectivity index (χ2v) is 4.61. The molecule has 112 valence electrons. The van der Waals surface area contributed by atoms with Crippen LogP contribution in [0.2, 0.25) is 5.02 Å². The Labute approximate surface area is 130 Å². The molecule has 0 saturated carbocycles. The summed E-state index contributed by atoms with van der Waals surface area (Å²) in [6.45, 7) is 0. The Kier molecular flexibility index (Phi) is 5.21. The summed E-state index contributed by atoms with van der Waals surface area (Å²) >= 11 is 5.80. The van der Waals surface area contributed by atoms with E-state index in [0.717, 1.165) is 6.21 Å². The van der Waals surface area contributed by atoms with Crippen LogP contribution in [0.3, 0.4) is 0 Å². The van der Waals surface area contributed by atoms with Gasteiger partial charge in [-0.3, -0.25) is 4.79 Å². The third-order valence-electron chi connectivity index (χ3n) is 2.69. The van der Waals surface area contributed by atoms with Crippen LogP contribution in [0.15, 0.2) is 58.8 Å². The number of hydrazone groups is 1. The van der Waals surface area contributed by atoms with Crippen LogP contribution >= 0.6 is 11.6 Å². The van der Waals surface area contributed by atoms with Gasteiger partial charge in [0.2, 0.25) is 0 Å². The highest BCUT2D eigenvalue weighted by Gasteiger charge is 2.09. The van der Waals surface area contributed by atoms with Crippen LogP contribution < -0.4 is 5.43 Å². The predicted octanol–water partition coefficient (Wildman–Crippen LogP) is 3.07. The van der Waals surface area contributed by atoms with E-state index < -0.39 is 11.7 Å². The maximum absolute atomic E-state index is 13.7. The molecule has 0 unspecified atom stereocenters. The summed E-state index contributed by atoms with van der Waals surface area (Å²) in [5.41, 5.74) is 2.61. The summed E-state index contributed by atoms with van der Waals surface area (Å²) < 4.78 is 13.7. The van der Waals surface area contributed by atoms with Gasteiger partial charge in [0.15, 0.2) is 0 Å². The lowest BCUT2D eigenvalue weighted by molar-refractivity contribution is 0.0955. The number of benzene rings is 2. The summed E-state index contributed by atoms with van der Waals surface area (Å²) in [6.07, 6.45) is 0.927. The van der Waals surface area contributed by atoms with Crippen LogP contribution in [0, 0.1) is 5.82 Å². The van der Waals surface area contributed by atoms with Gasteiger partial charge < -0.3 is 5.21 Å². The van der Waals surface area contributed by atoms with Gasteiger partial charge in [0.25, 0.3) is 5.91 Å². The molecule has 7 heteroatoms. The lowest BCUT2D eigenvalue weighted by atomic mass is 10.1. The van der Waals surface area contributed by atoms with Crippen molar-refractivity contribution in [1.29, 1.82) is 0 Å². The van der Waals surface area contributed by atoms with Crippen LogP contribution in [0.25, 0.3) is 0 Å². The zero-order chi connectivity index (χ0) is 15.9. The van der Waals surface area contributed by atoms with Crippen LogP contribution in [0.1, 0.15) is 15.9 Å². The molecule has 0 aliphatic rings. The first-order chi connectivity index (χ1) is 10.6. The summed E-state index contributed by atoms with van der Waals surface area (Å²) in [7, 11) is 0. The maximum atomic E-state index is 13.7. The summed E-state index contributed by atoms with van der Waals surface area (Å²) in [5.74, 6) is -1.08. The molecule has 0 aliphatic carbocycles. The van der Waals surface area contributed by atoms with Crippen LogP contribution in [0.4, 0.5) is 4.39 Å². The van der Waals surface area contributed by atoms with Gasteiger partial charge >= 0.3 is 0 Å². The first kappa shape index (κ1) is 15.7. The number of oxime groups is 1. The van der Waals surface area contributed by atoms with E-state index in [2.05, 4.69) is 15.7 Å². The Morgan fingerprint density at radius 1 is 1.23 bits per heavy atom. The molecular formula is C15H11ClFN3O2. The zero-order valence-electron chi connectivity index (χ0n) is 11.2. The molecule has 0 heterocycles. The third kappa shape index (κ3) is 3.89. The van der Waals surface area contributed by atoms with Crippen molar-refractivity contribution in [3.05, 3.63) is 70.5 Å². The molecule has 2 N–H and O–H groups in total. The van der Waals surface area contributed by atoms with Gasteiger partial charge in [-0.15, -0.1) is 0 Å². The Bertz CT molecular complexity index is 747. The van der Waals surface area contributed by atoms with Crippen LogP contribution in [-0.4, -0.2) is 23.0 Å². The first-order valence-corrected chi connectivity index (χ1v) is 6.55. The fraction of sp³-hybridized carbons (Fsp3) is 0. The standard InChI is InChI=1S/C15H11ClFN3O2/c16-11-5-3-4-10(8-11)15(21)20-19-14(9-18-22)12-6-1-2-7-13(12)17/h1-9,22H,(H,20,21)/b18-9-,19-14+. The SMILES string of the molecule is O=C(N/N=C(\C=N/O)c1ccccc1F)c1cccc(Cl)c1. The average molecular weight is 320 g/mol. The van der Waals surface area contributed by atoms with Crippen molar-refractivity contribution >= 4 is 29.4 Å². The van der Waals surface area contributed by atoms with Crippen molar-refractivity contribution in [2.24, 2.45) is 10.3 Å². The van der Waals surface area contributed by atoms with Crippen LogP contribution in [0.5, 0.6) is 0 Å². The molecule has 0 aromatic heterocycles. The Hall–Kier alpha value is -2.73. The smallest absolute Gasteiger partial charge is 0.271 e. The van der Waals surface area contributed by atoms with Gasteiger partial charge in [-0.2, -0.15) is 5.10 Å². The number of carbonyl (C=O) groups excluding carboxylic acids is 1. The number of nitrogens with one attached hydrogen (secondary N) is 1. The average Bonchev–Trinajstić information content (AvgIpc) is 2.52. The number of rotatable bonds is 4. The number of amides is 1. The molecule has 2 aromatic carbocycles. The Morgan fingerprint density at radius 2 is 2.00 bits per heavy atom. The van der Waals surface area contributed by atoms with E-state index in [1.54, 1.807) is 24.3 Å². The summed E-state index contributed by atoms with van der Waals surface area (Å²) in [4.78, 5) is 11.9. The van der Waals surface area contributed by atoms with Gasteiger partial charge in [-0.25, -0.2) is 9.82 Å². The molecule has 0 fully saturated rings. The molecule has 22 heavy (non-hydrogen) atoms. The fourth-order valence-electron chi connectivity index (χ4n) is 1.69. The predicted molar refractivity (Wildman–Crippen MR) is 82.1 cm³/mol. The Morgan fingerprint density at radius 3 is 2.68 bits per heavy atom. The number of hydrogen-bond donors (Lipinski definition) is 2. The normalized spacial score (nSPS) is 11.6. The van der Waals surface area contributed by atoms with Gasteiger partial charge in [-0.05, 0) is 30.3 Å². The van der Waals surface area contributed by atoms with Gasteiger partial charge in [0, 0.05) is 16.1 Å². The molecule has 0 radical (unpaired) electrons. The Balaban J connectivity index is 2.25. The topological polar surface area (TPSA) is 74.0 Å². The largest absolute Gasteiger partial charge is 0.411 e. The van der Waals surface area contributed by atoms with Gasteiger partial charge in [-0.1, -0.05) is 35.0 Å². The zero-order valence-corrected chi connectivity index (χ0v) is 12.0. The van der Waals surface area contributed by atoms with Crippen molar-refractivity contribution in [1.82, 2.24) is 5.43 Å². The second kappa shape index (κ2) is 7.33. The van der Waals surface area contributed by atoms with E-state index in [0.29, 0.717) is 10.6 Å². The summed E-state index contributed by atoms with van der Waals surface area (Å²) in [6, 6.07) is 12.1. The molecule has 0 atom stereocenters. The highest BCUT2D eigenvalue weighted by atomic mass is 35.5. The number of hydrogen-bond acceptors (Lipinski definition) is 4. The summed E-state index contributed by atoms with van der Waals surface area (Å²) in [5, 5.41) is 15.6. The van der Waals surface area contributed by atoms with E-state index in [1.165, 1.54) is 24.3 Å². The monoisotopic (exact) mass is 319 g/mol. The van der Waals surface area contributed by atoms with Crippen molar-refractivity contribution < 1.29 is 14.4 Å². The minimum absolute atomic E-state index is 0.0315. The maximum Gasteiger partial charge on any atom is 0.271 e. The highest BCUT2D eigenvalue weighted by Crippen LogP contribution is 2.11. The van der Waals surface area contributed by atoms with Crippen molar-refractivity contribution in [3.8, 4) is 0 Å². The van der Waals surface area contributed by atoms with Gasteiger partial charge in [0.1, 0.15) is 11.5 Å². The van der Waals surface area contributed by atoms with Crippen molar-refractivity contribution in [2.45, 2.75) is 0 Å². The van der Waals surface area contributed by atoms with Crippen molar-refractivity contribution in [3.63, 3.8) is 0 Å². The van der Waals surface area contributed by atoms with E-state index in [4.69, 9.17) is 16.8 Å². The van der Waals surface area contributed by atoms with E-state index in [9.17, 15) is 9.18 Å². The molecule has 2 rings (SSSR count). The molecule has 0 aliphatic heterocycles. The van der Waals surface area contributed by atoms with E-state index in [-0.39, 0.29) is 11.3 Å².